The van der Waals surface area contributed by atoms with Crippen molar-refractivity contribution in [1.29, 1.82) is 0 Å². The summed E-state index contributed by atoms with van der Waals surface area (Å²) in [5, 5.41) is 0. The Morgan fingerprint density at radius 2 is 1.95 bits per heavy atom. The van der Waals surface area contributed by atoms with Crippen LogP contribution in [-0.2, 0) is 17.8 Å². The summed E-state index contributed by atoms with van der Waals surface area (Å²) in [5.41, 5.74) is 8.56. The van der Waals surface area contributed by atoms with Crippen LogP contribution in [0.3, 0.4) is 0 Å². The van der Waals surface area contributed by atoms with Gasteiger partial charge in [0.25, 0.3) is 5.91 Å². The van der Waals surface area contributed by atoms with Crippen LogP contribution in [0.15, 0.2) is 48.5 Å². The number of amides is 1. The minimum absolute atomic E-state index is 0.0355. The van der Waals surface area contributed by atoms with Gasteiger partial charge in [0.1, 0.15) is 5.75 Å². The van der Waals surface area contributed by atoms with Crippen LogP contribution in [0.4, 0.5) is 5.69 Å². The van der Waals surface area contributed by atoms with E-state index in [4.69, 9.17) is 10.5 Å². The second-order valence-corrected chi connectivity index (χ2v) is 5.19. The number of nitrogens with two attached hydrogens (primary N) is 1. The molecule has 1 aliphatic rings. The Bertz CT molecular complexity index is 627. The standard InChI is InChI=1S/C17H18N2O2/c1-19(14-8-6-12(11-18)7-9-14)17(20)16-10-13-4-2-3-5-15(13)21-16/h2-9,16H,10-11,18H2,1H3. The van der Waals surface area contributed by atoms with Crippen molar-refractivity contribution < 1.29 is 9.53 Å². The molecule has 2 aromatic carbocycles. The second kappa shape index (κ2) is 5.58. The van der Waals surface area contributed by atoms with Gasteiger partial charge in [0, 0.05) is 25.7 Å². The molecule has 108 valence electrons. The van der Waals surface area contributed by atoms with Gasteiger partial charge in [-0.15, -0.1) is 0 Å². The van der Waals surface area contributed by atoms with Gasteiger partial charge in [-0.1, -0.05) is 30.3 Å². The predicted molar refractivity (Wildman–Crippen MR) is 82.3 cm³/mol. The lowest BCUT2D eigenvalue weighted by molar-refractivity contribution is -0.124. The number of hydrogen-bond donors (Lipinski definition) is 1. The van der Waals surface area contributed by atoms with Crippen molar-refractivity contribution in [2.45, 2.75) is 19.1 Å². The van der Waals surface area contributed by atoms with Crippen LogP contribution in [-0.4, -0.2) is 19.1 Å². The van der Waals surface area contributed by atoms with E-state index in [1.807, 2.05) is 48.5 Å². The maximum absolute atomic E-state index is 12.5. The molecule has 2 N–H and O–H groups in total. The van der Waals surface area contributed by atoms with Crippen LogP contribution in [0.1, 0.15) is 11.1 Å². The number of anilines is 1. The van der Waals surface area contributed by atoms with Crippen molar-refractivity contribution in [2.24, 2.45) is 5.73 Å². The van der Waals surface area contributed by atoms with Gasteiger partial charge < -0.3 is 15.4 Å². The van der Waals surface area contributed by atoms with Crippen LogP contribution in [0.25, 0.3) is 0 Å². The number of carbonyl (C=O) groups is 1. The van der Waals surface area contributed by atoms with Gasteiger partial charge in [0.15, 0.2) is 6.10 Å². The average molecular weight is 282 g/mol. The first-order chi connectivity index (χ1) is 10.2. The number of ether oxygens (including phenoxy) is 1. The van der Waals surface area contributed by atoms with Crippen LogP contribution in [0.5, 0.6) is 5.75 Å². The summed E-state index contributed by atoms with van der Waals surface area (Å²) in [5.74, 6) is 0.773. The molecule has 2 aromatic rings. The van der Waals surface area contributed by atoms with Crippen LogP contribution in [0.2, 0.25) is 0 Å². The average Bonchev–Trinajstić information content (AvgIpc) is 2.97. The molecule has 1 unspecified atom stereocenters. The maximum atomic E-state index is 12.5. The summed E-state index contributed by atoms with van der Waals surface area (Å²) >= 11 is 0. The lowest BCUT2D eigenvalue weighted by atomic mass is 10.1. The molecule has 1 amide bonds. The van der Waals surface area contributed by atoms with E-state index in [0.717, 1.165) is 22.6 Å². The molecule has 0 aromatic heterocycles. The zero-order valence-electron chi connectivity index (χ0n) is 12.0. The number of hydrogen-bond acceptors (Lipinski definition) is 3. The van der Waals surface area contributed by atoms with E-state index in [-0.39, 0.29) is 5.91 Å². The van der Waals surface area contributed by atoms with Gasteiger partial charge in [0.05, 0.1) is 0 Å². The lowest BCUT2D eigenvalue weighted by Gasteiger charge is -2.21. The molecule has 0 saturated heterocycles. The maximum Gasteiger partial charge on any atom is 0.268 e. The summed E-state index contributed by atoms with van der Waals surface area (Å²) in [7, 11) is 1.77. The number of rotatable bonds is 3. The fourth-order valence-corrected chi connectivity index (χ4v) is 2.52. The van der Waals surface area contributed by atoms with Crippen LogP contribution in [0, 0.1) is 0 Å². The molecule has 0 radical (unpaired) electrons. The Morgan fingerprint density at radius 1 is 1.24 bits per heavy atom. The summed E-state index contributed by atoms with van der Waals surface area (Å²) in [6.07, 6.45) is 0.182. The SMILES string of the molecule is CN(C(=O)C1Cc2ccccc2O1)c1ccc(CN)cc1. The Labute approximate surface area is 124 Å². The van der Waals surface area contributed by atoms with E-state index in [2.05, 4.69) is 0 Å². The Morgan fingerprint density at radius 3 is 2.62 bits per heavy atom. The molecular formula is C17H18N2O2. The minimum atomic E-state index is -0.443. The number of nitrogens with zero attached hydrogens (tertiary/aromatic N) is 1. The molecule has 4 nitrogen and oxygen atoms in total. The first kappa shape index (κ1) is 13.6. The van der Waals surface area contributed by atoms with Crippen molar-refractivity contribution in [1.82, 2.24) is 0 Å². The lowest BCUT2D eigenvalue weighted by Crippen LogP contribution is -2.39. The summed E-state index contributed by atoms with van der Waals surface area (Å²) in [6.45, 7) is 0.499. The summed E-state index contributed by atoms with van der Waals surface area (Å²) < 4.78 is 5.75. The van der Waals surface area contributed by atoms with Crippen LogP contribution >= 0.6 is 0 Å². The van der Waals surface area contributed by atoms with Gasteiger partial charge in [0.2, 0.25) is 0 Å². The van der Waals surface area contributed by atoms with Gasteiger partial charge in [-0.05, 0) is 29.3 Å². The number of carbonyl (C=O) groups excluding carboxylic acids is 1. The Hall–Kier alpha value is -2.33. The van der Waals surface area contributed by atoms with Gasteiger partial charge in [-0.2, -0.15) is 0 Å². The largest absolute Gasteiger partial charge is 0.480 e. The molecule has 0 bridgehead atoms. The van der Waals surface area contributed by atoms with Crippen LogP contribution < -0.4 is 15.4 Å². The third-order valence-corrected chi connectivity index (χ3v) is 3.81. The minimum Gasteiger partial charge on any atom is -0.480 e. The smallest absolute Gasteiger partial charge is 0.268 e. The summed E-state index contributed by atoms with van der Waals surface area (Å²) in [6, 6.07) is 15.5. The monoisotopic (exact) mass is 282 g/mol. The second-order valence-electron chi connectivity index (χ2n) is 5.19. The van der Waals surface area contributed by atoms with Crippen molar-refractivity contribution in [3.8, 4) is 5.75 Å². The molecule has 0 saturated carbocycles. The van der Waals surface area contributed by atoms with Gasteiger partial charge in [-0.3, -0.25) is 4.79 Å². The Kier molecular flexibility index (Phi) is 3.62. The fraction of sp³-hybridized carbons (Fsp3) is 0.235. The van der Waals surface area contributed by atoms with Crippen molar-refractivity contribution in [3.63, 3.8) is 0 Å². The molecule has 1 atom stereocenters. The van der Waals surface area contributed by atoms with Crippen molar-refractivity contribution in [2.75, 3.05) is 11.9 Å². The van der Waals surface area contributed by atoms with E-state index in [1.165, 1.54) is 0 Å². The molecule has 1 heterocycles. The molecule has 4 heteroatoms. The highest BCUT2D eigenvalue weighted by Gasteiger charge is 2.31. The molecule has 0 aliphatic carbocycles. The third kappa shape index (κ3) is 2.62. The molecular weight excluding hydrogens is 264 g/mol. The zero-order valence-corrected chi connectivity index (χ0v) is 12.0. The molecule has 0 fully saturated rings. The predicted octanol–water partition coefficient (Wildman–Crippen LogP) is 2.11. The van der Waals surface area contributed by atoms with Gasteiger partial charge in [-0.25, -0.2) is 0 Å². The normalized spacial score (nSPS) is 16.2. The highest BCUT2D eigenvalue weighted by Crippen LogP contribution is 2.29. The van der Waals surface area contributed by atoms with E-state index in [0.29, 0.717) is 13.0 Å². The quantitative estimate of drug-likeness (QED) is 0.938. The summed E-state index contributed by atoms with van der Waals surface area (Å²) in [4.78, 5) is 14.2. The highest BCUT2D eigenvalue weighted by molar-refractivity contribution is 5.97. The van der Waals surface area contributed by atoms with Crippen molar-refractivity contribution in [3.05, 3.63) is 59.7 Å². The zero-order chi connectivity index (χ0) is 14.8. The van der Waals surface area contributed by atoms with E-state index < -0.39 is 6.10 Å². The Balaban J connectivity index is 1.73. The van der Waals surface area contributed by atoms with E-state index in [9.17, 15) is 4.79 Å². The first-order valence-electron chi connectivity index (χ1n) is 7.00. The molecule has 21 heavy (non-hydrogen) atoms. The number of fused-ring (bicyclic) bond motifs is 1. The third-order valence-electron chi connectivity index (χ3n) is 3.81. The van der Waals surface area contributed by atoms with E-state index >= 15 is 0 Å². The fourth-order valence-electron chi connectivity index (χ4n) is 2.52. The van der Waals surface area contributed by atoms with E-state index in [1.54, 1.807) is 11.9 Å². The molecule has 1 aliphatic heterocycles. The highest BCUT2D eigenvalue weighted by atomic mass is 16.5. The first-order valence-corrected chi connectivity index (χ1v) is 7.00. The topological polar surface area (TPSA) is 55.6 Å². The molecule has 0 spiro atoms. The van der Waals surface area contributed by atoms with Gasteiger partial charge >= 0.3 is 0 Å². The number of para-hydroxylation sites is 1. The number of likely N-dealkylation sites (N-methyl/N-ethyl adjacent to an activating group) is 1. The number of benzene rings is 2. The van der Waals surface area contributed by atoms with Crippen molar-refractivity contribution >= 4 is 11.6 Å². The molecule has 3 rings (SSSR count).